The lowest BCUT2D eigenvalue weighted by atomic mass is 9.86. The van der Waals surface area contributed by atoms with Crippen molar-refractivity contribution < 1.29 is 4.92 Å². The summed E-state index contributed by atoms with van der Waals surface area (Å²) >= 11 is 0. The largest absolute Gasteiger partial charge is 0.379 e. The molecule has 0 aliphatic heterocycles. The lowest BCUT2D eigenvalue weighted by molar-refractivity contribution is -0.389. The summed E-state index contributed by atoms with van der Waals surface area (Å²) in [7, 11) is 0. The van der Waals surface area contributed by atoms with E-state index >= 15 is 0 Å². The molecule has 2 rings (SSSR count). The second-order valence-electron chi connectivity index (χ2n) is 4.67. The minimum atomic E-state index is -0.479. The van der Waals surface area contributed by atoms with Gasteiger partial charge in [0, 0.05) is 12.1 Å². The molecule has 1 aliphatic rings. The van der Waals surface area contributed by atoms with Crippen molar-refractivity contribution in [3.63, 3.8) is 0 Å². The van der Waals surface area contributed by atoms with Crippen molar-refractivity contribution in [2.75, 3.05) is 5.32 Å². The molecule has 17 heavy (non-hydrogen) atoms. The predicted octanol–water partition coefficient (Wildman–Crippen LogP) is 2.98. The van der Waals surface area contributed by atoms with E-state index in [1.807, 2.05) is 0 Å². The fourth-order valence-corrected chi connectivity index (χ4v) is 2.32. The van der Waals surface area contributed by atoms with Gasteiger partial charge in [0.25, 0.3) is 0 Å². The number of nitrogens with zero attached hydrogens (tertiary/aromatic N) is 2. The molecule has 5 heteroatoms. The Kier molecular flexibility index (Phi) is 3.56. The highest BCUT2D eigenvalue weighted by molar-refractivity contribution is 5.44. The van der Waals surface area contributed by atoms with E-state index in [0.717, 1.165) is 12.1 Å². The zero-order valence-corrected chi connectivity index (χ0v) is 9.93. The third-order valence-electron chi connectivity index (χ3n) is 3.40. The molecule has 1 aromatic rings. The molecule has 2 atom stereocenters. The van der Waals surface area contributed by atoms with Crippen LogP contribution in [0, 0.1) is 16.0 Å². The minimum absolute atomic E-state index is 0.104. The van der Waals surface area contributed by atoms with E-state index in [1.165, 1.54) is 25.3 Å². The van der Waals surface area contributed by atoms with Gasteiger partial charge < -0.3 is 15.4 Å². The number of nitrogens with one attached hydrogen (secondary N) is 1. The molecule has 1 saturated carbocycles. The molecule has 1 aromatic heterocycles. The Morgan fingerprint density at radius 3 is 2.76 bits per heavy atom. The monoisotopic (exact) mass is 235 g/mol. The number of hydrogen-bond acceptors (Lipinski definition) is 4. The average molecular weight is 235 g/mol. The lowest BCUT2D eigenvalue weighted by Crippen LogP contribution is -2.30. The number of nitro groups is 1. The van der Waals surface area contributed by atoms with E-state index in [0.29, 0.717) is 12.0 Å². The first-order valence-electron chi connectivity index (χ1n) is 6.04. The van der Waals surface area contributed by atoms with Crippen LogP contribution in [0.4, 0.5) is 11.5 Å². The van der Waals surface area contributed by atoms with Crippen LogP contribution in [-0.2, 0) is 0 Å². The Balaban J connectivity index is 2.00. The zero-order chi connectivity index (χ0) is 12.3. The molecule has 1 heterocycles. The van der Waals surface area contributed by atoms with Crippen molar-refractivity contribution in [2.24, 2.45) is 5.92 Å². The molecule has 92 valence electrons. The van der Waals surface area contributed by atoms with Crippen LogP contribution in [-0.4, -0.2) is 15.9 Å². The van der Waals surface area contributed by atoms with E-state index in [2.05, 4.69) is 17.2 Å². The van der Waals surface area contributed by atoms with Crippen molar-refractivity contribution in [1.82, 2.24) is 4.98 Å². The molecule has 0 spiro atoms. The minimum Gasteiger partial charge on any atom is -0.379 e. The second kappa shape index (κ2) is 5.12. The summed E-state index contributed by atoms with van der Waals surface area (Å²) in [6.45, 7) is 2.25. The van der Waals surface area contributed by atoms with Crippen molar-refractivity contribution in [3.05, 3.63) is 28.4 Å². The van der Waals surface area contributed by atoms with E-state index < -0.39 is 4.92 Å². The highest BCUT2D eigenvalue weighted by atomic mass is 16.6. The van der Waals surface area contributed by atoms with Crippen LogP contribution in [0.5, 0.6) is 0 Å². The number of anilines is 1. The number of hydrogen-bond donors (Lipinski definition) is 1. The van der Waals surface area contributed by atoms with Gasteiger partial charge in [0.1, 0.15) is 0 Å². The summed E-state index contributed by atoms with van der Waals surface area (Å²) in [6, 6.07) is 3.63. The third-order valence-corrected chi connectivity index (χ3v) is 3.40. The first-order valence-corrected chi connectivity index (χ1v) is 6.04. The van der Waals surface area contributed by atoms with Gasteiger partial charge in [0.15, 0.2) is 6.20 Å². The topological polar surface area (TPSA) is 68.1 Å². The molecule has 1 fully saturated rings. The van der Waals surface area contributed by atoms with Crippen LogP contribution in [0.3, 0.4) is 0 Å². The summed E-state index contributed by atoms with van der Waals surface area (Å²) in [5.41, 5.74) is 0.870. The molecule has 0 bridgehead atoms. The highest BCUT2D eigenvalue weighted by Gasteiger charge is 2.21. The van der Waals surface area contributed by atoms with Gasteiger partial charge in [-0.15, -0.1) is 0 Å². The molecule has 0 saturated heterocycles. The fourth-order valence-electron chi connectivity index (χ4n) is 2.32. The number of rotatable bonds is 3. The predicted molar refractivity (Wildman–Crippen MR) is 65.9 cm³/mol. The van der Waals surface area contributed by atoms with Gasteiger partial charge in [-0.25, -0.2) is 0 Å². The smallest absolute Gasteiger partial charge is 0.363 e. The molecule has 2 unspecified atom stereocenters. The molecule has 0 amide bonds. The summed E-state index contributed by atoms with van der Waals surface area (Å²) in [6.07, 6.45) is 6.51. The highest BCUT2D eigenvalue weighted by Crippen LogP contribution is 2.26. The Hall–Kier alpha value is -1.65. The average Bonchev–Trinajstić information content (AvgIpc) is 2.33. The summed E-state index contributed by atoms with van der Waals surface area (Å²) < 4.78 is 0. The molecule has 0 aromatic carbocycles. The van der Waals surface area contributed by atoms with Crippen LogP contribution in [0.15, 0.2) is 18.3 Å². The molecular formula is C12H17N3O2. The fraction of sp³-hybridized carbons (Fsp3) is 0.583. The van der Waals surface area contributed by atoms with Gasteiger partial charge >= 0.3 is 5.82 Å². The normalized spacial score (nSPS) is 24.3. The standard InChI is InChI=1S/C12H17N3O2/c1-9-4-2-3-5-11(9)14-10-6-7-12(13-8-10)15(16)17/h6-9,11,14H,2-5H2,1H3. The Labute approximate surface area is 100 Å². The Bertz CT molecular complexity index is 391. The maximum atomic E-state index is 10.5. The van der Waals surface area contributed by atoms with Crippen LogP contribution in [0.1, 0.15) is 32.6 Å². The summed E-state index contributed by atoms with van der Waals surface area (Å²) in [5.74, 6) is 0.547. The molecule has 1 aliphatic carbocycles. The third kappa shape index (κ3) is 2.93. The van der Waals surface area contributed by atoms with Gasteiger partial charge in [-0.2, -0.15) is 0 Å². The molecular weight excluding hydrogens is 218 g/mol. The first-order chi connectivity index (χ1) is 8.16. The van der Waals surface area contributed by atoms with Gasteiger partial charge in [0.2, 0.25) is 0 Å². The summed E-state index contributed by atoms with van der Waals surface area (Å²) in [5, 5.41) is 13.9. The van der Waals surface area contributed by atoms with Crippen LogP contribution in [0.2, 0.25) is 0 Å². The number of pyridine rings is 1. The van der Waals surface area contributed by atoms with Gasteiger partial charge in [-0.05, 0) is 34.7 Å². The molecule has 5 nitrogen and oxygen atoms in total. The van der Waals surface area contributed by atoms with Gasteiger partial charge in [0.05, 0.1) is 5.69 Å². The Morgan fingerprint density at radius 1 is 1.41 bits per heavy atom. The molecule has 0 radical (unpaired) electrons. The first kappa shape index (κ1) is 11.8. The van der Waals surface area contributed by atoms with E-state index in [-0.39, 0.29) is 5.82 Å². The van der Waals surface area contributed by atoms with Crippen LogP contribution in [0.25, 0.3) is 0 Å². The maximum absolute atomic E-state index is 10.5. The van der Waals surface area contributed by atoms with Gasteiger partial charge in [-0.3, -0.25) is 0 Å². The van der Waals surface area contributed by atoms with E-state index in [1.54, 1.807) is 12.3 Å². The lowest BCUT2D eigenvalue weighted by Gasteiger charge is -2.29. The van der Waals surface area contributed by atoms with Crippen LogP contribution < -0.4 is 5.32 Å². The van der Waals surface area contributed by atoms with Crippen molar-refractivity contribution in [3.8, 4) is 0 Å². The molecule has 1 N–H and O–H groups in total. The van der Waals surface area contributed by atoms with Crippen molar-refractivity contribution in [1.29, 1.82) is 0 Å². The number of aromatic nitrogens is 1. The second-order valence-corrected chi connectivity index (χ2v) is 4.67. The summed E-state index contributed by atoms with van der Waals surface area (Å²) in [4.78, 5) is 13.8. The Morgan fingerprint density at radius 2 is 2.18 bits per heavy atom. The quantitative estimate of drug-likeness (QED) is 0.646. The maximum Gasteiger partial charge on any atom is 0.363 e. The van der Waals surface area contributed by atoms with Gasteiger partial charge in [-0.1, -0.05) is 19.8 Å². The van der Waals surface area contributed by atoms with E-state index in [4.69, 9.17) is 0 Å². The van der Waals surface area contributed by atoms with Crippen molar-refractivity contribution in [2.45, 2.75) is 38.6 Å². The van der Waals surface area contributed by atoms with Crippen molar-refractivity contribution >= 4 is 11.5 Å². The zero-order valence-electron chi connectivity index (χ0n) is 9.93. The van der Waals surface area contributed by atoms with Crippen LogP contribution >= 0.6 is 0 Å². The van der Waals surface area contributed by atoms with E-state index in [9.17, 15) is 10.1 Å². The SMILES string of the molecule is CC1CCCCC1Nc1ccc([N+](=O)[O-])nc1.